The molecule has 2 aromatic rings. The monoisotopic (exact) mass is 346 g/mol. The highest BCUT2D eigenvalue weighted by Crippen LogP contribution is 2.25. The second kappa shape index (κ2) is 7.02. The van der Waals surface area contributed by atoms with Crippen LogP contribution in [0.4, 0.5) is 11.4 Å². The molecule has 0 bridgehead atoms. The highest BCUT2D eigenvalue weighted by molar-refractivity contribution is 7.92. The number of para-hydroxylation sites is 2. The van der Waals surface area contributed by atoms with Crippen LogP contribution in [-0.4, -0.2) is 27.5 Å². The smallest absolute Gasteiger partial charge is 0.261 e. The van der Waals surface area contributed by atoms with Gasteiger partial charge in [0.15, 0.2) is 0 Å². The maximum atomic E-state index is 12.5. The van der Waals surface area contributed by atoms with Crippen LogP contribution in [0.15, 0.2) is 59.5 Å². The van der Waals surface area contributed by atoms with Crippen LogP contribution in [0.1, 0.15) is 6.42 Å². The number of benzene rings is 2. The summed E-state index contributed by atoms with van der Waals surface area (Å²) in [5, 5.41) is 2.78. The van der Waals surface area contributed by atoms with Gasteiger partial charge in [0.25, 0.3) is 10.0 Å². The predicted octanol–water partition coefficient (Wildman–Crippen LogP) is 2.46. The van der Waals surface area contributed by atoms with Crippen molar-refractivity contribution in [1.29, 1.82) is 0 Å². The van der Waals surface area contributed by atoms with Crippen LogP contribution in [0.3, 0.4) is 0 Å². The Morgan fingerprint density at radius 3 is 2.33 bits per heavy atom. The van der Waals surface area contributed by atoms with Gasteiger partial charge in [-0.05, 0) is 30.7 Å². The molecule has 6 nitrogen and oxygen atoms in total. The molecule has 1 fully saturated rings. The molecule has 1 saturated heterocycles. The van der Waals surface area contributed by atoms with Gasteiger partial charge in [-0.3, -0.25) is 9.52 Å². The molecular formula is C17H18N2O4S. The molecule has 0 aliphatic carbocycles. The number of carbonyl (C=O) groups excluding carboxylic acids is 1. The molecule has 0 saturated carbocycles. The molecule has 2 aromatic carbocycles. The van der Waals surface area contributed by atoms with Crippen LogP contribution >= 0.6 is 0 Å². The van der Waals surface area contributed by atoms with Gasteiger partial charge in [-0.25, -0.2) is 8.42 Å². The van der Waals surface area contributed by atoms with Crippen LogP contribution in [0.2, 0.25) is 0 Å². The maximum absolute atomic E-state index is 12.5. The first-order valence-corrected chi connectivity index (χ1v) is 9.10. The van der Waals surface area contributed by atoms with E-state index in [1.807, 2.05) is 0 Å². The Hall–Kier alpha value is -2.38. The van der Waals surface area contributed by atoms with E-state index < -0.39 is 10.0 Å². The minimum atomic E-state index is -3.72. The van der Waals surface area contributed by atoms with Crippen molar-refractivity contribution in [3.8, 4) is 0 Å². The lowest BCUT2D eigenvalue weighted by Gasteiger charge is -2.15. The summed E-state index contributed by atoms with van der Waals surface area (Å²) in [4.78, 5) is 12.4. The van der Waals surface area contributed by atoms with Crippen molar-refractivity contribution >= 4 is 27.3 Å². The quantitative estimate of drug-likeness (QED) is 0.871. The number of nitrogens with one attached hydrogen (secondary N) is 2. The molecule has 0 radical (unpaired) electrons. The Kier molecular flexibility index (Phi) is 4.82. The van der Waals surface area contributed by atoms with Crippen LogP contribution in [0.5, 0.6) is 0 Å². The van der Waals surface area contributed by atoms with Gasteiger partial charge in [0.05, 0.1) is 28.8 Å². The van der Waals surface area contributed by atoms with Gasteiger partial charge in [-0.2, -0.15) is 0 Å². The molecule has 1 atom stereocenters. The van der Waals surface area contributed by atoms with Crippen LogP contribution in [-0.2, 0) is 19.6 Å². The van der Waals surface area contributed by atoms with E-state index in [4.69, 9.17) is 4.74 Å². The van der Waals surface area contributed by atoms with E-state index in [0.29, 0.717) is 31.0 Å². The van der Waals surface area contributed by atoms with E-state index in [2.05, 4.69) is 10.0 Å². The van der Waals surface area contributed by atoms with Gasteiger partial charge in [0.2, 0.25) is 5.91 Å². The van der Waals surface area contributed by atoms with Crippen molar-refractivity contribution in [3.05, 3.63) is 54.6 Å². The van der Waals surface area contributed by atoms with Crippen LogP contribution < -0.4 is 10.0 Å². The Morgan fingerprint density at radius 2 is 1.67 bits per heavy atom. The molecule has 0 aromatic heterocycles. The number of amides is 1. The summed E-state index contributed by atoms with van der Waals surface area (Å²) in [5.41, 5.74) is 0.752. The first-order chi connectivity index (χ1) is 11.6. The molecule has 7 heteroatoms. The number of carbonyl (C=O) groups is 1. The minimum Gasteiger partial charge on any atom is -0.381 e. The Labute approximate surface area is 140 Å². The van der Waals surface area contributed by atoms with Gasteiger partial charge in [-0.15, -0.1) is 0 Å². The van der Waals surface area contributed by atoms with E-state index in [9.17, 15) is 13.2 Å². The first kappa shape index (κ1) is 16.5. The lowest BCUT2D eigenvalue weighted by molar-refractivity contribution is -0.119. The topological polar surface area (TPSA) is 84.5 Å². The fourth-order valence-electron chi connectivity index (χ4n) is 2.46. The lowest BCUT2D eigenvalue weighted by Crippen LogP contribution is -2.24. The predicted molar refractivity (Wildman–Crippen MR) is 91.2 cm³/mol. The molecule has 24 heavy (non-hydrogen) atoms. The highest BCUT2D eigenvalue weighted by Gasteiger charge is 2.24. The fourth-order valence-corrected chi connectivity index (χ4v) is 3.56. The molecule has 1 heterocycles. The summed E-state index contributed by atoms with van der Waals surface area (Å²) in [6.07, 6.45) is 0.670. The molecule has 1 aliphatic rings. The summed E-state index contributed by atoms with van der Waals surface area (Å²) in [6, 6.07) is 14.8. The van der Waals surface area contributed by atoms with Crippen molar-refractivity contribution in [2.24, 2.45) is 5.92 Å². The Morgan fingerprint density at radius 1 is 1.00 bits per heavy atom. The zero-order chi connectivity index (χ0) is 17.0. The minimum absolute atomic E-state index is 0.162. The van der Waals surface area contributed by atoms with Crippen molar-refractivity contribution in [3.63, 3.8) is 0 Å². The lowest BCUT2D eigenvalue weighted by atomic mass is 10.1. The highest BCUT2D eigenvalue weighted by atomic mass is 32.2. The molecule has 126 valence electrons. The number of hydrogen-bond donors (Lipinski definition) is 2. The maximum Gasteiger partial charge on any atom is 0.261 e. The average molecular weight is 346 g/mol. The zero-order valence-electron chi connectivity index (χ0n) is 12.9. The van der Waals surface area contributed by atoms with Gasteiger partial charge < -0.3 is 10.1 Å². The number of rotatable bonds is 5. The summed E-state index contributed by atoms with van der Waals surface area (Å²) >= 11 is 0. The second-order valence-corrected chi connectivity index (χ2v) is 7.20. The number of sulfonamides is 1. The molecule has 1 unspecified atom stereocenters. The van der Waals surface area contributed by atoms with Gasteiger partial charge in [0.1, 0.15) is 0 Å². The second-order valence-electron chi connectivity index (χ2n) is 5.51. The Balaban J connectivity index is 1.80. The summed E-state index contributed by atoms with van der Waals surface area (Å²) < 4.78 is 32.6. The van der Waals surface area contributed by atoms with E-state index in [0.717, 1.165) is 0 Å². The fraction of sp³-hybridized carbons (Fsp3) is 0.235. The number of hydrogen-bond acceptors (Lipinski definition) is 4. The van der Waals surface area contributed by atoms with Crippen molar-refractivity contribution in [1.82, 2.24) is 0 Å². The van der Waals surface area contributed by atoms with Crippen LogP contribution in [0.25, 0.3) is 0 Å². The Bertz CT molecular complexity index is 815. The number of ether oxygens (including phenoxy) is 1. The largest absolute Gasteiger partial charge is 0.381 e. The zero-order valence-corrected chi connectivity index (χ0v) is 13.8. The van der Waals surface area contributed by atoms with Gasteiger partial charge in [0, 0.05) is 6.61 Å². The van der Waals surface area contributed by atoms with E-state index in [1.165, 1.54) is 12.1 Å². The van der Waals surface area contributed by atoms with Gasteiger partial charge in [-0.1, -0.05) is 30.3 Å². The molecule has 2 N–H and O–H groups in total. The van der Waals surface area contributed by atoms with Crippen molar-refractivity contribution in [2.75, 3.05) is 23.3 Å². The first-order valence-electron chi connectivity index (χ1n) is 7.62. The van der Waals surface area contributed by atoms with Crippen molar-refractivity contribution < 1.29 is 17.9 Å². The number of anilines is 2. The third-order valence-corrected chi connectivity index (χ3v) is 5.16. The standard InChI is InChI=1S/C17H18N2O4S/c20-17(13-10-11-23-12-13)18-15-8-4-5-9-16(15)19-24(21,22)14-6-2-1-3-7-14/h1-9,13,19H,10-12H2,(H,18,20). The normalized spacial score (nSPS) is 17.4. The third kappa shape index (κ3) is 3.74. The van der Waals surface area contributed by atoms with E-state index >= 15 is 0 Å². The molecule has 3 rings (SSSR count). The van der Waals surface area contributed by atoms with Crippen molar-refractivity contribution in [2.45, 2.75) is 11.3 Å². The SMILES string of the molecule is O=C(Nc1ccccc1NS(=O)(=O)c1ccccc1)C1CCOC1. The third-order valence-electron chi connectivity index (χ3n) is 3.78. The molecule has 1 amide bonds. The van der Waals surface area contributed by atoms with E-state index in [-0.39, 0.29) is 16.7 Å². The summed E-state index contributed by atoms with van der Waals surface area (Å²) in [6.45, 7) is 0.962. The summed E-state index contributed by atoms with van der Waals surface area (Å²) in [5.74, 6) is -0.373. The molecule has 0 spiro atoms. The molecular weight excluding hydrogens is 328 g/mol. The van der Waals surface area contributed by atoms with Gasteiger partial charge >= 0.3 is 0 Å². The van der Waals surface area contributed by atoms with E-state index in [1.54, 1.807) is 42.5 Å². The average Bonchev–Trinajstić information content (AvgIpc) is 3.12. The summed E-state index contributed by atoms with van der Waals surface area (Å²) in [7, 11) is -3.72. The van der Waals surface area contributed by atoms with Crippen LogP contribution in [0, 0.1) is 5.92 Å². The molecule has 1 aliphatic heterocycles.